The third-order valence-electron chi connectivity index (χ3n) is 5.05. The number of hydrogen-bond donors (Lipinski definition) is 2. The number of amides is 1. The molecule has 0 bridgehead atoms. The Hall–Kier alpha value is -3.70. The van der Waals surface area contributed by atoms with Crippen LogP contribution in [0.25, 0.3) is 11.3 Å². The van der Waals surface area contributed by atoms with Crippen LogP contribution in [0.5, 0.6) is 0 Å². The van der Waals surface area contributed by atoms with Gasteiger partial charge < -0.3 is 15.0 Å². The molecule has 156 valence electrons. The third-order valence-corrected chi connectivity index (χ3v) is 5.05. The predicted molar refractivity (Wildman–Crippen MR) is 121 cm³/mol. The Morgan fingerprint density at radius 3 is 2.03 bits per heavy atom. The van der Waals surface area contributed by atoms with Crippen molar-refractivity contribution in [3.63, 3.8) is 0 Å². The largest absolute Gasteiger partial charge is 0.359 e. The lowest BCUT2D eigenvalue weighted by molar-refractivity contribution is -0.127. The minimum Gasteiger partial charge on any atom is -0.359 e. The zero-order chi connectivity index (χ0) is 21.5. The highest BCUT2D eigenvalue weighted by molar-refractivity contribution is 5.77. The first-order valence-corrected chi connectivity index (χ1v) is 10.3. The van der Waals surface area contributed by atoms with E-state index in [-0.39, 0.29) is 24.7 Å². The summed E-state index contributed by atoms with van der Waals surface area (Å²) in [6, 6.07) is 29.5. The van der Waals surface area contributed by atoms with Crippen molar-refractivity contribution >= 4 is 5.91 Å². The molecular weight excluding hydrogens is 386 g/mol. The van der Waals surface area contributed by atoms with Gasteiger partial charge in [0.05, 0.1) is 17.9 Å². The van der Waals surface area contributed by atoms with Gasteiger partial charge in [-0.15, -0.1) is 0 Å². The van der Waals surface area contributed by atoms with Crippen molar-refractivity contribution in [2.24, 2.45) is 0 Å². The molecule has 0 aliphatic carbocycles. The molecule has 5 nitrogen and oxygen atoms in total. The minimum absolute atomic E-state index is 0.0505. The average molecular weight is 412 g/mol. The highest BCUT2D eigenvalue weighted by atomic mass is 16.5. The van der Waals surface area contributed by atoms with E-state index in [1.165, 1.54) is 0 Å². The van der Waals surface area contributed by atoms with Crippen LogP contribution < -0.4 is 5.32 Å². The highest BCUT2D eigenvalue weighted by Gasteiger charge is 2.18. The van der Waals surface area contributed by atoms with Crippen molar-refractivity contribution in [1.29, 1.82) is 0 Å². The molecule has 2 N–H and O–H groups in total. The number of nitrogens with one attached hydrogen (secondary N) is 2. The Bertz CT molecular complexity index is 1060. The van der Waals surface area contributed by atoms with Crippen LogP contribution in [-0.4, -0.2) is 22.5 Å². The van der Waals surface area contributed by atoms with Gasteiger partial charge in [0, 0.05) is 0 Å². The summed E-state index contributed by atoms with van der Waals surface area (Å²) in [5.41, 5.74) is 3.99. The van der Waals surface area contributed by atoms with Crippen LogP contribution in [0.15, 0.2) is 97.2 Å². The van der Waals surface area contributed by atoms with Gasteiger partial charge in [-0.2, -0.15) is 0 Å². The maximum Gasteiger partial charge on any atom is 0.246 e. The van der Waals surface area contributed by atoms with Gasteiger partial charge in [0.2, 0.25) is 5.91 Å². The normalized spacial score (nSPS) is 11.9. The van der Waals surface area contributed by atoms with E-state index < -0.39 is 0 Å². The van der Waals surface area contributed by atoms with Crippen LogP contribution in [0.4, 0.5) is 0 Å². The standard InChI is InChI=1S/C26H25N3O2/c1-19(26-27-17-23(29-26)20-11-5-2-6-12-20)28-24(30)18-31-25(21-13-7-3-8-14-21)22-15-9-4-10-16-22/h2-17,19,25H,18H2,1H3,(H,27,29)(H,28,30). The zero-order valence-corrected chi connectivity index (χ0v) is 17.4. The van der Waals surface area contributed by atoms with Crippen molar-refractivity contribution in [1.82, 2.24) is 15.3 Å². The van der Waals surface area contributed by atoms with Gasteiger partial charge in [0.1, 0.15) is 18.5 Å². The van der Waals surface area contributed by atoms with Gasteiger partial charge in [0.25, 0.3) is 0 Å². The first-order chi connectivity index (χ1) is 15.2. The van der Waals surface area contributed by atoms with E-state index >= 15 is 0 Å². The summed E-state index contributed by atoms with van der Waals surface area (Å²) < 4.78 is 6.04. The first-order valence-electron chi connectivity index (χ1n) is 10.3. The fraction of sp³-hybridized carbons (Fsp3) is 0.154. The number of benzene rings is 3. The second-order valence-electron chi connectivity index (χ2n) is 7.35. The van der Waals surface area contributed by atoms with Crippen LogP contribution in [0.2, 0.25) is 0 Å². The zero-order valence-electron chi connectivity index (χ0n) is 17.4. The number of nitrogens with zero attached hydrogens (tertiary/aromatic N) is 1. The summed E-state index contributed by atoms with van der Waals surface area (Å²) in [5.74, 6) is 0.511. The van der Waals surface area contributed by atoms with Crippen molar-refractivity contribution in [2.45, 2.75) is 19.1 Å². The molecule has 1 aromatic heterocycles. The molecule has 1 heterocycles. The molecule has 0 fully saturated rings. The Kier molecular flexibility index (Phi) is 6.55. The van der Waals surface area contributed by atoms with Gasteiger partial charge in [0.15, 0.2) is 0 Å². The number of aromatic nitrogens is 2. The number of carbonyl (C=O) groups excluding carboxylic acids is 1. The van der Waals surface area contributed by atoms with E-state index in [0.29, 0.717) is 5.82 Å². The fourth-order valence-electron chi connectivity index (χ4n) is 3.47. The topological polar surface area (TPSA) is 67.0 Å². The first kappa shape index (κ1) is 20.6. The molecule has 1 unspecified atom stereocenters. The third kappa shape index (κ3) is 5.27. The monoisotopic (exact) mass is 411 g/mol. The van der Waals surface area contributed by atoms with E-state index in [2.05, 4.69) is 15.3 Å². The lowest BCUT2D eigenvalue weighted by atomic mass is 10.0. The maximum absolute atomic E-state index is 12.6. The number of imidazole rings is 1. The summed E-state index contributed by atoms with van der Waals surface area (Å²) in [4.78, 5) is 20.3. The maximum atomic E-state index is 12.6. The molecule has 0 saturated heterocycles. The number of H-pyrrole nitrogens is 1. The smallest absolute Gasteiger partial charge is 0.246 e. The molecule has 31 heavy (non-hydrogen) atoms. The molecule has 3 aromatic carbocycles. The van der Waals surface area contributed by atoms with E-state index in [1.54, 1.807) is 6.20 Å². The lowest BCUT2D eigenvalue weighted by Gasteiger charge is -2.19. The fourth-order valence-corrected chi connectivity index (χ4v) is 3.47. The second-order valence-corrected chi connectivity index (χ2v) is 7.35. The summed E-state index contributed by atoms with van der Waals surface area (Å²) in [5, 5.41) is 2.96. The van der Waals surface area contributed by atoms with Crippen LogP contribution >= 0.6 is 0 Å². The summed E-state index contributed by atoms with van der Waals surface area (Å²) >= 11 is 0. The van der Waals surface area contributed by atoms with E-state index in [9.17, 15) is 4.79 Å². The van der Waals surface area contributed by atoms with Crippen LogP contribution in [0.3, 0.4) is 0 Å². The van der Waals surface area contributed by atoms with Crippen molar-refractivity contribution in [3.8, 4) is 11.3 Å². The Morgan fingerprint density at radius 1 is 0.903 bits per heavy atom. The number of carbonyl (C=O) groups is 1. The summed E-state index contributed by atoms with van der Waals surface area (Å²) in [7, 11) is 0. The number of ether oxygens (including phenoxy) is 1. The molecule has 0 spiro atoms. The molecular formula is C26H25N3O2. The van der Waals surface area contributed by atoms with Gasteiger partial charge in [-0.05, 0) is 23.6 Å². The molecule has 0 aliphatic rings. The highest BCUT2D eigenvalue weighted by Crippen LogP contribution is 2.25. The molecule has 0 radical (unpaired) electrons. The van der Waals surface area contributed by atoms with Crippen LogP contribution in [0, 0.1) is 0 Å². The molecule has 0 saturated carbocycles. The Balaban J connectivity index is 1.39. The molecule has 4 rings (SSSR count). The summed E-state index contributed by atoms with van der Waals surface area (Å²) in [6.07, 6.45) is 1.47. The number of aromatic amines is 1. The predicted octanol–water partition coefficient (Wildman–Crippen LogP) is 5.06. The lowest BCUT2D eigenvalue weighted by Crippen LogP contribution is -2.31. The second kappa shape index (κ2) is 9.87. The SMILES string of the molecule is CC(NC(=O)COC(c1ccccc1)c1ccccc1)c1ncc(-c2ccccc2)[nH]1. The Morgan fingerprint density at radius 2 is 1.45 bits per heavy atom. The molecule has 0 aliphatic heterocycles. The van der Waals surface area contributed by atoms with Crippen molar-refractivity contribution in [2.75, 3.05) is 6.61 Å². The van der Waals surface area contributed by atoms with Gasteiger partial charge in [-0.1, -0.05) is 91.0 Å². The molecule has 4 aromatic rings. The molecule has 5 heteroatoms. The van der Waals surface area contributed by atoms with Crippen LogP contribution in [-0.2, 0) is 9.53 Å². The van der Waals surface area contributed by atoms with Crippen molar-refractivity contribution in [3.05, 3.63) is 114 Å². The molecule has 1 atom stereocenters. The summed E-state index contributed by atoms with van der Waals surface area (Å²) in [6.45, 7) is 1.85. The van der Waals surface area contributed by atoms with E-state index in [1.807, 2.05) is 97.9 Å². The number of hydrogen-bond acceptors (Lipinski definition) is 3. The van der Waals surface area contributed by atoms with E-state index in [4.69, 9.17) is 4.74 Å². The minimum atomic E-state index is -0.309. The number of rotatable bonds is 8. The van der Waals surface area contributed by atoms with E-state index in [0.717, 1.165) is 22.4 Å². The molecule has 1 amide bonds. The van der Waals surface area contributed by atoms with Gasteiger partial charge in [-0.25, -0.2) is 4.98 Å². The Labute approximate surface area is 182 Å². The van der Waals surface area contributed by atoms with Gasteiger partial charge >= 0.3 is 0 Å². The van der Waals surface area contributed by atoms with Crippen LogP contribution in [0.1, 0.15) is 36.0 Å². The quantitative estimate of drug-likeness (QED) is 0.426. The van der Waals surface area contributed by atoms with Gasteiger partial charge in [-0.3, -0.25) is 4.79 Å². The van der Waals surface area contributed by atoms with Crippen molar-refractivity contribution < 1.29 is 9.53 Å². The average Bonchev–Trinajstić information content (AvgIpc) is 3.32.